The first-order valence-corrected chi connectivity index (χ1v) is 16.4. The number of rotatable bonds is 9. The molecule has 226 valence electrons. The molecule has 0 spiro atoms. The molecule has 4 aliphatic rings. The third kappa shape index (κ3) is 6.50. The molecule has 4 bridgehead atoms. The van der Waals surface area contributed by atoms with Crippen molar-refractivity contribution in [3.05, 3.63) is 34.7 Å². The van der Waals surface area contributed by atoms with Gasteiger partial charge in [-0.1, -0.05) is 31.5 Å². The van der Waals surface area contributed by atoms with Gasteiger partial charge in [-0.15, -0.1) is 0 Å². The van der Waals surface area contributed by atoms with Gasteiger partial charge in [-0.2, -0.15) is 13.5 Å². The van der Waals surface area contributed by atoms with Crippen molar-refractivity contribution in [2.75, 3.05) is 19.5 Å². The normalized spacial score (nSPS) is 31.0. The van der Waals surface area contributed by atoms with Crippen LogP contribution >= 0.6 is 11.6 Å². The molecule has 2 unspecified atom stereocenters. The minimum atomic E-state index is -3.51. The predicted molar refractivity (Wildman–Crippen MR) is 156 cm³/mol. The fourth-order valence-electron chi connectivity index (χ4n) is 8.88. The topological polar surface area (TPSA) is 110 Å². The molecule has 2 heterocycles. The van der Waals surface area contributed by atoms with E-state index in [9.17, 15) is 13.2 Å². The van der Waals surface area contributed by atoms with Crippen molar-refractivity contribution < 1.29 is 26.9 Å². The smallest absolute Gasteiger partial charge is 0.357 e. The van der Waals surface area contributed by atoms with E-state index in [1.165, 1.54) is 0 Å². The highest BCUT2D eigenvalue weighted by atomic mass is 35.5. The van der Waals surface area contributed by atoms with E-state index < -0.39 is 21.7 Å². The summed E-state index contributed by atoms with van der Waals surface area (Å²) in [5.41, 5.74) is 1.67. The zero-order valence-corrected chi connectivity index (χ0v) is 26.7. The fraction of sp³-hybridized carbons (Fsp3) is 0.700. The molecule has 0 amide bonds. The molecule has 2 aromatic heterocycles. The molecule has 6 rings (SSSR count). The van der Waals surface area contributed by atoms with Crippen molar-refractivity contribution in [1.29, 1.82) is 0 Å². The first kappa shape index (κ1) is 30.4. The van der Waals surface area contributed by atoms with Crippen LogP contribution in [0.5, 0.6) is 0 Å². The van der Waals surface area contributed by atoms with Crippen molar-refractivity contribution in [3.8, 4) is 11.3 Å². The van der Waals surface area contributed by atoms with E-state index in [1.807, 2.05) is 38.4 Å². The summed E-state index contributed by atoms with van der Waals surface area (Å²) < 4.78 is 41.9. The number of hydrogen-bond donors (Lipinski definition) is 0. The van der Waals surface area contributed by atoms with Crippen LogP contribution in [0.4, 0.5) is 0 Å². The SMILES string of the molecule is Cc1c(-c2cccc(C(=O)OC(C)(C)C)n2)c(Cl)nn1CC12CC3(C)CC(C)(C1)CC(OCCOS(C)(=O)=O)(C3)C2. The van der Waals surface area contributed by atoms with Crippen molar-refractivity contribution in [3.63, 3.8) is 0 Å². The third-order valence-corrected chi connectivity index (χ3v) is 9.56. The molecule has 4 saturated carbocycles. The summed E-state index contributed by atoms with van der Waals surface area (Å²) in [7, 11) is -3.51. The van der Waals surface area contributed by atoms with Gasteiger partial charge in [0, 0.05) is 12.2 Å². The largest absolute Gasteiger partial charge is 0.455 e. The van der Waals surface area contributed by atoms with Crippen LogP contribution in [0, 0.1) is 23.2 Å². The zero-order chi connectivity index (χ0) is 30.1. The Morgan fingerprint density at radius 2 is 1.71 bits per heavy atom. The summed E-state index contributed by atoms with van der Waals surface area (Å²) in [4.78, 5) is 17.3. The monoisotopic (exact) mass is 607 g/mol. The lowest BCUT2D eigenvalue weighted by Gasteiger charge is -2.69. The second-order valence-corrected chi connectivity index (χ2v) is 16.6. The molecule has 0 saturated heterocycles. The molecule has 2 atom stereocenters. The highest BCUT2D eigenvalue weighted by molar-refractivity contribution is 7.85. The Labute approximate surface area is 248 Å². The molecule has 0 N–H and O–H groups in total. The van der Waals surface area contributed by atoms with Crippen LogP contribution in [0.15, 0.2) is 18.2 Å². The summed E-state index contributed by atoms with van der Waals surface area (Å²) in [5.74, 6) is -0.484. The number of nitrogens with zero attached hydrogens (tertiary/aromatic N) is 3. The van der Waals surface area contributed by atoms with E-state index in [2.05, 4.69) is 18.8 Å². The molecule has 11 heteroatoms. The Kier molecular flexibility index (Phi) is 7.45. The number of carbonyl (C=O) groups is 1. The van der Waals surface area contributed by atoms with Gasteiger partial charge < -0.3 is 9.47 Å². The van der Waals surface area contributed by atoms with Crippen molar-refractivity contribution in [2.45, 2.75) is 97.8 Å². The third-order valence-electron chi connectivity index (χ3n) is 8.70. The molecular formula is C30H42ClN3O6S. The molecule has 0 aliphatic heterocycles. The minimum absolute atomic E-state index is 0.0214. The lowest BCUT2D eigenvalue weighted by molar-refractivity contribution is -0.249. The first-order valence-electron chi connectivity index (χ1n) is 14.2. The van der Waals surface area contributed by atoms with E-state index in [0.29, 0.717) is 23.0 Å². The van der Waals surface area contributed by atoms with Gasteiger partial charge in [0.05, 0.1) is 36.3 Å². The summed E-state index contributed by atoms with van der Waals surface area (Å²) in [6, 6.07) is 5.26. The lowest BCUT2D eigenvalue weighted by Crippen LogP contribution is -2.64. The first-order chi connectivity index (χ1) is 18.8. The summed E-state index contributed by atoms with van der Waals surface area (Å²) >= 11 is 6.74. The van der Waals surface area contributed by atoms with E-state index >= 15 is 0 Å². The Morgan fingerprint density at radius 1 is 1.05 bits per heavy atom. The number of carbonyl (C=O) groups excluding carboxylic acids is 1. The van der Waals surface area contributed by atoms with Crippen LogP contribution in [0.1, 0.15) is 89.3 Å². The van der Waals surface area contributed by atoms with Gasteiger partial charge in [-0.05, 0) is 94.6 Å². The van der Waals surface area contributed by atoms with Crippen molar-refractivity contribution in [1.82, 2.24) is 14.8 Å². The molecule has 4 aliphatic carbocycles. The lowest BCUT2D eigenvalue weighted by atomic mass is 9.39. The molecule has 2 aromatic rings. The van der Waals surface area contributed by atoms with Gasteiger partial charge in [0.2, 0.25) is 0 Å². The van der Waals surface area contributed by atoms with E-state index in [0.717, 1.165) is 50.5 Å². The zero-order valence-electron chi connectivity index (χ0n) is 25.2. The highest BCUT2D eigenvalue weighted by Gasteiger charge is 2.66. The van der Waals surface area contributed by atoms with E-state index in [-0.39, 0.29) is 40.8 Å². The maximum atomic E-state index is 12.7. The maximum absolute atomic E-state index is 12.7. The number of halogens is 1. The number of esters is 1. The van der Waals surface area contributed by atoms with Crippen molar-refractivity contribution in [2.24, 2.45) is 16.2 Å². The quantitative estimate of drug-likeness (QED) is 0.195. The Bertz CT molecular complexity index is 1440. The van der Waals surface area contributed by atoms with Crippen LogP contribution in [-0.4, -0.2) is 59.8 Å². The second-order valence-electron chi connectivity index (χ2n) is 14.6. The van der Waals surface area contributed by atoms with Crippen LogP contribution in [-0.2, 0) is 30.3 Å². The molecular weight excluding hydrogens is 566 g/mol. The molecule has 9 nitrogen and oxygen atoms in total. The standard InChI is InChI=1S/C30H42ClN3O6S/c1-20-23(21-9-8-10-22(32-21)25(35)40-26(2,3)4)24(31)33-34(20)19-29-14-27(5)13-28(6,15-29)17-30(16-27,18-29)38-11-12-39-41(7,36)37/h8-10H,11-19H2,1-7H3. The average Bonchev–Trinajstić information content (AvgIpc) is 3.04. The highest BCUT2D eigenvalue weighted by Crippen LogP contribution is 2.72. The maximum Gasteiger partial charge on any atom is 0.357 e. The van der Waals surface area contributed by atoms with E-state index in [1.54, 1.807) is 12.1 Å². The average molecular weight is 608 g/mol. The van der Waals surface area contributed by atoms with Crippen LogP contribution in [0.25, 0.3) is 11.3 Å². The number of hydrogen-bond acceptors (Lipinski definition) is 8. The van der Waals surface area contributed by atoms with Gasteiger partial charge in [0.1, 0.15) is 11.3 Å². The predicted octanol–water partition coefficient (Wildman–Crippen LogP) is 5.97. The van der Waals surface area contributed by atoms with Gasteiger partial charge in [-0.3, -0.25) is 8.86 Å². The van der Waals surface area contributed by atoms with Crippen LogP contribution in [0.2, 0.25) is 5.15 Å². The summed E-state index contributed by atoms with van der Waals surface area (Å²) in [6.07, 6.45) is 7.15. The van der Waals surface area contributed by atoms with E-state index in [4.69, 9.17) is 30.4 Å². The van der Waals surface area contributed by atoms with Gasteiger partial charge in [-0.25, -0.2) is 9.78 Å². The summed E-state index contributed by atoms with van der Waals surface area (Å²) in [6.45, 7) is 13.2. The number of aromatic nitrogens is 3. The fourth-order valence-corrected chi connectivity index (χ4v) is 9.58. The van der Waals surface area contributed by atoms with Gasteiger partial charge in [0.15, 0.2) is 5.15 Å². The summed E-state index contributed by atoms with van der Waals surface area (Å²) in [5, 5.41) is 5.12. The molecule has 41 heavy (non-hydrogen) atoms. The van der Waals surface area contributed by atoms with Crippen LogP contribution in [0.3, 0.4) is 0 Å². The molecule has 0 radical (unpaired) electrons. The minimum Gasteiger partial charge on any atom is -0.455 e. The van der Waals surface area contributed by atoms with Gasteiger partial charge >= 0.3 is 5.97 Å². The Hall–Kier alpha value is -2.01. The Balaban J connectivity index is 1.41. The number of ether oxygens (including phenoxy) is 2. The number of pyridine rings is 1. The second kappa shape index (κ2) is 10.0. The van der Waals surface area contributed by atoms with Crippen LogP contribution < -0.4 is 0 Å². The molecule has 4 fully saturated rings. The molecule has 0 aromatic carbocycles. The van der Waals surface area contributed by atoms with Crippen molar-refractivity contribution >= 4 is 27.7 Å². The van der Waals surface area contributed by atoms with Gasteiger partial charge in [0.25, 0.3) is 10.1 Å². The Morgan fingerprint density at radius 3 is 2.32 bits per heavy atom.